The average Bonchev–Trinajstić information content (AvgIpc) is 3.04. The van der Waals surface area contributed by atoms with Crippen LogP contribution < -0.4 is 10.2 Å². The van der Waals surface area contributed by atoms with Crippen LogP contribution in [0.2, 0.25) is 0 Å². The topological polar surface area (TPSA) is 84.2 Å². The summed E-state index contributed by atoms with van der Waals surface area (Å²) in [6, 6.07) is 0. The lowest BCUT2D eigenvalue weighted by atomic mass is 10.3. The predicted molar refractivity (Wildman–Crippen MR) is 73.4 cm³/mol. The number of nitrogens with one attached hydrogen (secondary N) is 1. The molecule has 19 heavy (non-hydrogen) atoms. The van der Waals surface area contributed by atoms with Gasteiger partial charge < -0.3 is 10.2 Å². The highest BCUT2D eigenvalue weighted by atomic mass is 16.6. The van der Waals surface area contributed by atoms with Crippen LogP contribution in [-0.2, 0) is 0 Å². The third kappa shape index (κ3) is 3.10. The molecule has 1 aromatic heterocycles. The van der Waals surface area contributed by atoms with Gasteiger partial charge in [-0.1, -0.05) is 6.92 Å². The second-order valence-corrected chi connectivity index (χ2v) is 5.04. The molecule has 104 valence electrons. The second kappa shape index (κ2) is 5.38. The van der Waals surface area contributed by atoms with E-state index in [1.165, 1.54) is 12.6 Å². The van der Waals surface area contributed by atoms with Crippen LogP contribution in [0.3, 0.4) is 0 Å². The molecule has 2 atom stereocenters. The lowest BCUT2D eigenvalue weighted by Gasteiger charge is -2.18. The number of nitrogens with zero attached hydrogens (tertiary/aromatic N) is 4. The molecule has 1 aliphatic carbocycles. The van der Waals surface area contributed by atoms with Gasteiger partial charge in [-0.15, -0.1) is 0 Å². The number of anilines is 2. The van der Waals surface area contributed by atoms with Gasteiger partial charge in [0.25, 0.3) is 0 Å². The van der Waals surface area contributed by atoms with Gasteiger partial charge in [-0.05, 0) is 25.2 Å². The molecule has 0 aliphatic heterocycles. The molecule has 1 fully saturated rings. The lowest BCUT2D eigenvalue weighted by Crippen LogP contribution is -2.23. The molecule has 1 N–H and O–H groups in total. The van der Waals surface area contributed by atoms with E-state index in [1.54, 1.807) is 0 Å². The quantitative estimate of drug-likeness (QED) is 0.624. The van der Waals surface area contributed by atoms with Crippen LogP contribution in [0.15, 0.2) is 6.20 Å². The fourth-order valence-electron chi connectivity index (χ4n) is 2.11. The van der Waals surface area contributed by atoms with Crippen LogP contribution in [0.4, 0.5) is 17.5 Å². The molecule has 0 amide bonds. The normalized spacial score (nSPS) is 21.0. The Morgan fingerprint density at radius 3 is 2.84 bits per heavy atom. The molecule has 0 radical (unpaired) electrons. The van der Waals surface area contributed by atoms with E-state index in [0.717, 1.165) is 6.54 Å². The van der Waals surface area contributed by atoms with E-state index >= 15 is 0 Å². The van der Waals surface area contributed by atoms with Gasteiger partial charge in [0.2, 0.25) is 11.8 Å². The van der Waals surface area contributed by atoms with Crippen molar-refractivity contribution in [1.29, 1.82) is 0 Å². The summed E-state index contributed by atoms with van der Waals surface area (Å²) in [5.74, 6) is 2.13. The maximum atomic E-state index is 11.0. The molecule has 7 heteroatoms. The van der Waals surface area contributed by atoms with E-state index in [1.807, 2.05) is 18.9 Å². The summed E-state index contributed by atoms with van der Waals surface area (Å²) in [5.41, 5.74) is -0.0440. The Balaban J connectivity index is 2.22. The van der Waals surface area contributed by atoms with E-state index in [-0.39, 0.29) is 5.69 Å². The Hall–Kier alpha value is -1.92. The predicted octanol–water partition coefficient (Wildman–Crippen LogP) is 1.91. The van der Waals surface area contributed by atoms with E-state index < -0.39 is 4.92 Å². The van der Waals surface area contributed by atoms with Crippen LogP contribution in [0.1, 0.15) is 20.3 Å². The maximum Gasteiger partial charge on any atom is 0.329 e. The highest BCUT2D eigenvalue weighted by Crippen LogP contribution is 2.39. The Kier molecular flexibility index (Phi) is 3.82. The van der Waals surface area contributed by atoms with Crippen molar-refractivity contribution in [3.05, 3.63) is 16.3 Å². The zero-order valence-electron chi connectivity index (χ0n) is 11.5. The van der Waals surface area contributed by atoms with Gasteiger partial charge in [0.15, 0.2) is 0 Å². The number of rotatable bonds is 6. The molecule has 0 aromatic carbocycles. The molecule has 1 saturated carbocycles. The average molecular weight is 265 g/mol. The van der Waals surface area contributed by atoms with Gasteiger partial charge in [0, 0.05) is 20.1 Å². The smallest absolute Gasteiger partial charge is 0.329 e. The summed E-state index contributed by atoms with van der Waals surface area (Å²) >= 11 is 0. The Morgan fingerprint density at radius 1 is 1.63 bits per heavy atom. The summed E-state index contributed by atoms with van der Waals surface area (Å²) in [4.78, 5) is 20.7. The fraction of sp³-hybridized carbons (Fsp3) is 0.667. The first-order valence-electron chi connectivity index (χ1n) is 6.49. The second-order valence-electron chi connectivity index (χ2n) is 5.04. The molecule has 0 spiro atoms. The molecule has 1 aliphatic rings. The van der Waals surface area contributed by atoms with Crippen LogP contribution >= 0.6 is 0 Å². The van der Waals surface area contributed by atoms with Crippen molar-refractivity contribution in [1.82, 2.24) is 9.97 Å². The Bertz CT molecular complexity index is 479. The Morgan fingerprint density at radius 2 is 2.32 bits per heavy atom. The number of hydrogen-bond donors (Lipinski definition) is 1. The summed E-state index contributed by atoms with van der Waals surface area (Å²) in [6.07, 6.45) is 2.45. The maximum absolute atomic E-state index is 11.0. The van der Waals surface area contributed by atoms with Gasteiger partial charge in [-0.2, -0.15) is 4.98 Å². The van der Waals surface area contributed by atoms with Crippen molar-refractivity contribution in [2.24, 2.45) is 11.8 Å². The minimum Gasteiger partial charge on any atom is -0.354 e. The summed E-state index contributed by atoms with van der Waals surface area (Å²) in [6.45, 7) is 5.60. The van der Waals surface area contributed by atoms with Crippen LogP contribution in [0.25, 0.3) is 0 Å². The first-order valence-corrected chi connectivity index (χ1v) is 6.49. The number of nitro groups is 1. The van der Waals surface area contributed by atoms with Gasteiger partial charge in [0.05, 0.1) is 4.92 Å². The molecule has 0 saturated heterocycles. The first kappa shape index (κ1) is 13.5. The zero-order valence-corrected chi connectivity index (χ0v) is 11.5. The summed E-state index contributed by atoms with van der Waals surface area (Å²) in [7, 11) is 1.84. The number of hydrogen-bond acceptors (Lipinski definition) is 6. The largest absolute Gasteiger partial charge is 0.354 e. The SMILES string of the molecule is CCNc1ncc([N+](=O)[O-])c(N(C)CC2CC2C)n1. The van der Waals surface area contributed by atoms with E-state index in [2.05, 4.69) is 22.2 Å². The van der Waals surface area contributed by atoms with Crippen molar-refractivity contribution in [2.45, 2.75) is 20.3 Å². The first-order chi connectivity index (χ1) is 9.02. The number of aromatic nitrogens is 2. The fourth-order valence-corrected chi connectivity index (χ4v) is 2.11. The van der Waals surface area contributed by atoms with Crippen molar-refractivity contribution < 1.29 is 4.92 Å². The van der Waals surface area contributed by atoms with Crippen molar-refractivity contribution in [2.75, 3.05) is 30.4 Å². The highest BCUT2D eigenvalue weighted by Gasteiger charge is 2.34. The monoisotopic (exact) mass is 265 g/mol. The minimum absolute atomic E-state index is 0.0440. The zero-order chi connectivity index (χ0) is 14.0. The lowest BCUT2D eigenvalue weighted by molar-refractivity contribution is -0.384. The van der Waals surface area contributed by atoms with Gasteiger partial charge in [-0.3, -0.25) is 10.1 Å². The molecule has 7 nitrogen and oxygen atoms in total. The molecule has 0 bridgehead atoms. The van der Waals surface area contributed by atoms with Crippen molar-refractivity contribution >= 4 is 17.5 Å². The van der Waals surface area contributed by atoms with Gasteiger partial charge >= 0.3 is 5.69 Å². The summed E-state index contributed by atoms with van der Waals surface area (Å²) in [5, 5.41) is 14.0. The van der Waals surface area contributed by atoms with E-state index in [9.17, 15) is 10.1 Å². The van der Waals surface area contributed by atoms with E-state index in [4.69, 9.17) is 0 Å². The van der Waals surface area contributed by atoms with Crippen LogP contribution in [-0.4, -0.2) is 35.0 Å². The van der Waals surface area contributed by atoms with Gasteiger partial charge in [-0.25, -0.2) is 4.98 Å². The molecule has 1 heterocycles. The van der Waals surface area contributed by atoms with Crippen LogP contribution in [0.5, 0.6) is 0 Å². The van der Waals surface area contributed by atoms with Crippen molar-refractivity contribution in [3.8, 4) is 0 Å². The molecule has 1 aromatic rings. The van der Waals surface area contributed by atoms with Crippen molar-refractivity contribution in [3.63, 3.8) is 0 Å². The third-order valence-electron chi connectivity index (χ3n) is 3.43. The highest BCUT2D eigenvalue weighted by molar-refractivity contribution is 5.58. The van der Waals surface area contributed by atoms with Crippen LogP contribution in [0, 0.1) is 22.0 Å². The van der Waals surface area contributed by atoms with Gasteiger partial charge in [0.1, 0.15) is 6.20 Å². The molecule has 2 unspecified atom stereocenters. The third-order valence-corrected chi connectivity index (χ3v) is 3.43. The summed E-state index contributed by atoms with van der Waals surface area (Å²) < 4.78 is 0. The molecule has 2 rings (SSSR count). The minimum atomic E-state index is -0.433. The molecular formula is C12H19N5O2. The van der Waals surface area contributed by atoms with E-state index in [0.29, 0.717) is 30.1 Å². The molecular weight excluding hydrogens is 246 g/mol. The standard InChI is InChI=1S/C12H19N5O2/c1-4-13-12-14-6-10(17(18)19)11(15-12)16(3)7-9-5-8(9)2/h6,8-9H,4-5,7H2,1-3H3,(H,13,14,15). The Labute approximate surface area is 112 Å².